The summed E-state index contributed by atoms with van der Waals surface area (Å²) in [6.45, 7) is -0.512. The predicted octanol–water partition coefficient (Wildman–Crippen LogP) is 2.29. The molecule has 3 rings (SSSR count). The number of carbonyl (C=O) groups excluding carboxylic acids is 2. The van der Waals surface area contributed by atoms with Crippen molar-refractivity contribution < 1.29 is 33.0 Å². The lowest BCUT2D eigenvalue weighted by molar-refractivity contribution is -0.143. The van der Waals surface area contributed by atoms with Crippen LogP contribution in [0.15, 0.2) is 51.7 Å². The number of esters is 1. The molecule has 0 saturated heterocycles. The molecule has 0 saturated carbocycles. The highest BCUT2D eigenvalue weighted by atomic mass is 16.5. The third kappa shape index (κ3) is 5.33. The Morgan fingerprint density at radius 1 is 0.903 bits per heavy atom. The van der Waals surface area contributed by atoms with Crippen LogP contribution in [0.3, 0.4) is 0 Å². The molecule has 2 aromatic carbocycles. The fourth-order valence-electron chi connectivity index (χ4n) is 2.86. The van der Waals surface area contributed by atoms with Gasteiger partial charge < -0.3 is 28.7 Å². The zero-order valence-corrected chi connectivity index (χ0v) is 17.2. The molecule has 162 valence electrons. The van der Waals surface area contributed by atoms with Crippen LogP contribution in [0.4, 0.5) is 0 Å². The molecule has 3 aromatic rings. The van der Waals surface area contributed by atoms with Crippen LogP contribution < -0.4 is 25.2 Å². The first-order chi connectivity index (χ1) is 14.9. The smallest absolute Gasteiger partial charge is 0.336 e. The highest BCUT2D eigenvalue weighted by molar-refractivity contribution is 5.96. The quantitative estimate of drug-likeness (QED) is 0.430. The number of carbonyl (C=O) groups is 2. The van der Waals surface area contributed by atoms with Gasteiger partial charge in [-0.05, 0) is 24.3 Å². The molecule has 0 aliphatic carbocycles. The molecule has 1 aromatic heterocycles. The second-order valence-corrected chi connectivity index (χ2v) is 6.40. The highest BCUT2D eigenvalue weighted by Crippen LogP contribution is 2.23. The molecule has 0 bridgehead atoms. The van der Waals surface area contributed by atoms with Gasteiger partial charge in [0.25, 0.3) is 5.91 Å². The van der Waals surface area contributed by atoms with Crippen molar-refractivity contribution in [1.29, 1.82) is 0 Å². The third-order valence-corrected chi connectivity index (χ3v) is 4.43. The Balaban J connectivity index is 1.63. The van der Waals surface area contributed by atoms with E-state index < -0.39 is 17.5 Å². The molecule has 31 heavy (non-hydrogen) atoms. The summed E-state index contributed by atoms with van der Waals surface area (Å²) in [6.07, 6.45) is 0. The zero-order valence-electron chi connectivity index (χ0n) is 17.2. The summed E-state index contributed by atoms with van der Waals surface area (Å²) in [7, 11) is 4.44. The van der Waals surface area contributed by atoms with Crippen molar-refractivity contribution in [3.63, 3.8) is 0 Å². The van der Waals surface area contributed by atoms with E-state index in [1.807, 2.05) is 0 Å². The third-order valence-electron chi connectivity index (χ3n) is 4.43. The normalized spacial score (nSPS) is 10.4. The van der Waals surface area contributed by atoms with Gasteiger partial charge in [0.15, 0.2) is 0 Å². The topological polar surface area (TPSA) is 113 Å². The number of rotatable bonds is 8. The lowest BCUT2D eigenvalue weighted by atomic mass is 10.1. The molecule has 0 atom stereocenters. The minimum Gasteiger partial charge on any atom is -0.497 e. The van der Waals surface area contributed by atoms with Crippen LogP contribution in [0, 0.1) is 0 Å². The number of hydrogen-bond donors (Lipinski definition) is 1. The maximum absolute atomic E-state index is 12.3. The van der Waals surface area contributed by atoms with Crippen LogP contribution >= 0.6 is 0 Å². The second kappa shape index (κ2) is 9.66. The van der Waals surface area contributed by atoms with Gasteiger partial charge in [0.05, 0.1) is 21.3 Å². The van der Waals surface area contributed by atoms with Crippen molar-refractivity contribution in [3.8, 4) is 17.2 Å². The van der Waals surface area contributed by atoms with Crippen LogP contribution in [-0.4, -0.2) is 39.8 Å². The van der Waals surface area contributed by atoms with E-state index >= 15 is 0 Å². The number of hydrogen-bond acceptors (Lipinski definition) is 8. The van der Waals surface area contributed by atoms with Crippen molar-refractivity contribution in [2.24, 2.45) is 0 Å². The Morgan fingerprint density at radius 3 is 2.23 bits per heavy atom. The summed E-state index contributed by atoms with van der Waals surface area (Å²) in [6, 6.07) is 10.9. The maximum Gasteiger partial charge on any atom is 0.336 e. The molecule has 1 heterocycles. The largest absolute Gasteiger partial charge is 0.497 e. The second-order valence-electron chi connectivity index (χ2n) is 6.40. The predicted molar refractivity (Wildman–Crippen MR) is 111 cm³/mol. The van der Waals surface area contributed by atoms with Crippen LogP contribution in [0.5, 0.6) is 17.2 Å². The van der Waals surface area contributed by atoms with E-state index in [4.69, 9.17) is 23.4 Å². The van der Waals surface area contributed by atoms with E-state index in [2.05, 4.69) is 5.32 Å². The van der Waals surface area contributed by atoms with Gasteiger partial charge in [-0.1, -0.05) is 0 Å². The summed E-state index contributed by atoms with van der Waals surface area (Å²) in [4.78, 5) is 36.3. The van der Waals surface area contributed by atoms with Crippen molar-refractivity contribution in [2.45, 2.75) is 6.61 Å². The van der Waals surface area contributed by atoms with Crippen LogP contribution in [0.25, 0.3) is 11.0 Å². The summed E-state index contributed by atoms with van der Waals surface area (Å²) in [5, 5.41) is 3.09. The number of benzene rings is 2. The Labute approximate surface area is 177 Å². The molecule has 0 spiro atoms. The Bertz CT molecular complexity index is 1150. The Morgan fingerprint density at radius 2 is 1.58 bits per heavy atom. The minimum atomic E-state index is -0.668. The lowest BCUT2D eigenvalue weighted by Crippen LogP contribution is -2.30. The van der Waals surface area contributed by atoms with E-state index in [0.717, 1.165) is 0 Å². The van der Waals surface area contributed by atoms with Gasteiger partial charge in [-0.3, -0.25) is 9.59 Å². The standard InChI is InChI=1S/C22H21NO8/c1-27-15-4-5-18-14(8-20(24)31-19(18)10-15)12-30-21(25)11-23-22(26)13-6-16(28-2)9-17(7-13)29-3/h4-10H,11-12H2,1-3H3,(H,23,26). The van der Waals surface area contributed by atoms with Crippen molar-refractivity contribution in [2.75, 3.05) is 27.9 Å². The SMILES string of the molecule is COc1cc(OC)cc(C(=O)NCC(=O)OCc2cc(=O)oc3cc(OC)ccc23)c1. The monoisotopic (exact) mass is 427 g/mol. The van der Waals surface area contributed by atoms with Gasteiger partial charge in [0.1, 0.15) is 36.0 Å². The number of fused-ring (bicyclic) bond motifs is 1. The molecule has 9 nitrogen and oxygen atoms in total. The van der Waals surface area contributed by atoms with Crippen molar-refractivity contribution in [3.05, 3.63) is 64.0 Å². The van der Waals surface area contributed by atoms with Crippen LogP contribution in [0.1, 0.15) is 15.9 Å². The lowest BCUT2D eigenvalue weighted by Gasteiger charge is -2.10. The molecule has 9 heteroatoms. The number of ether oxygens (including phenoxy) is 4. The zero-order chi connectivity index (χ0) is 22.4. The van der Waals surface area contributed by atoms with Crippen molar-refractivity contribution in [1.82, 2.24) is 5.32 Å². The first-order valence-corrected chi connectivity index (χ1v) is 9.21. The Hall–Kier alpha value is -4.01. The average molecular weight is 427 g/mol. The number of amides is 1. The van der Waals surface area contributed by atoms with E-state index in [1.165, 1.54) is 39.5 Å². The summed E-state index contributed by atoms with van der Waals surface area (Å²) in [5.74, 6) is 0.254. The fraction of sp³-hybridized carbons (Fsp3) is 0.227. The number of methoxy groups -OCH3 is 3. The molecule has 0 aliphatic rings. The fourth-order valence-corrected chi connectivity index (χ4v) is 2.86. The molecule has 0 unspecified atom stereocenters. The molecule has 0 fully saturated rings. The molecule has 1 N–H and O–H groups in total. The van der Waals surface area contributed by atoms with Gasteiger partial charge in [-0.15, -0.1) is 0 Å². The molecule has 1 amide bonds. The van der Waals surface area contributed by atoms with Gasteiger partial charge in [-0.2, -0.15) is 0 Å². The summed E-state index contributed by atoms with van der Waals surface area (Å²) in [5.41, 5.74) is 0.487. The maximum atomic E-state index is 12.3. The molecular formula is C22H21NO8. The van der Waals surface area contributed by atoms with Crippen LogP contribution in [-0.2, 0) is 16.1 Å². The van der Waals surface area contributed by atoms with Gasteiger partial charge in [-0.25, -0.2) is 4.79 Å². The van der Waals surface area contributed by atoms with E-state index in [9.17, 15) is 14.4 Å². The van der Waals surface area contributed by atoms with E-state index in [0.29, 0.717) is 33.8 Å². The van der Waals surface area contributed by atoms with Gasteiger partial charge in [0, 0.05) is 34.7 Å². The first-order valence-electron chi connectivity index (χ1n) is 9.21. The summed E-state index contributed by atoms with van der Waals surface area (Å²) >= 11 is 0. The molecule has 0 aliphatic heterocycles. The van der Waals surface area contributed by atoms with Gasteiger partial charge >= 0.3 is 11.6 Å². The minimum absolute atomic E-state index is 0.157. The van der Waals surface area contributed by atoms with Gasteiger partial charge in [0.2, 0.25) is 0 Å². The first kappa shape index (κ1) is 21.7. The summed E-state index contributed by atoms with van der Waals surface area (Å²) < 4.78 is 25.7. The van der Waals surface area contributed by atoms with E-state index in [1.54, 1.807) is 24.3 Å². The molecular weight excluding hydrogens is 406 g/mol. The highest BCUT2D eigenvalue weighted by Gasteiger charge is 2.13. The van der Waals surface area contributed by atoms with Crippen LogP contribution in [0.2, 0.25) is 0 Å². The average Bonchev–Trinajstić information content (AvgIpc) is 2.79. The van der Waals surface area contributed by atoms with E-state index in [-0.39, 0.29) is 18.7 Å². The van der Waals surface area contributed by atoms with Crippen molar-refractivity contribution >= 4 is 22.8 Å². The number of nitrogens with one attached hydrogen (secondary N) is 1. The Kier molecular flexibility index (Phi) is 6.76. The molecule has 0 radical (unpaired) electrons.